The maximum Gasteiger partial charge on any atom is 0.310 e. The summed E-state index contributed by atoms with van der Waals surface area (Å²) in [6.45, 7) is 3.63. The third kappa shape index (κ3) is 12.2. The van der Waals surface area contributed by atoms with Gasteiger partial charge in [0.15, 0.2) is 0 Å². The normalized spacial score (nSPS) is 15.1. The van der Waals surface area contributed by atoms with Crippen molar-refractivity contribution in [3.63, 3.8) is 0 Å². The standard InChI is InChI=1S/C17H22O2/c1-3-4-5-6-7-8-9-10-11-12-13-14-15-16(2)17(18)19/h3-8,10-16H,9H2,1-2H3,(H,18,19)/b4-3+,6-5+,8-7+,11-10+,13-12+,15-14+. The number of allylic oxidation sites excluding steroid dienone is 11. The SMILES string of the molecule is C/C=C/C=C/C=C/C/C=C/C=C/C=C/C(C)C(=O)O. The molecule has 0 saturated heterocycles. The van der Waals surface area contributed by atoms with Gasteiger partial charge in [0.05, 0.1) is 5.92 Å². The van der Waals surface area contributed by atoms with Crippen molar-refractivity contribution in [2.75, 3.05) is 0 Å². The van der Waals surface area contributed by atoms with E-state index >= 15 is 0 Å². The van der Waals surface area contributed by atoms with Gasteiger partial charge in [-0.25, -0.2) is 0 Å². The molecule has 19 heavy (non-hydrogen) atoms. The Morgan fingerprint density at radius 1 is 0.947 bits per heavy atom. The Hall–Kier alpha value is -2.09. The molecule has 0 saturated carbocycles. The third-order valence-electron chi connectivity index (χ3n) is 2.19. The van der Waals surface area contributed by atoms with E-state index < -0.39 is 11.9 Å². The van der Waals surface area contributed by atoms with Crippen LogP contribution in [0, 0.1) is 5.92 Å². The van der Waals surface area contributed by atoms with Crippen molar-refractivity contribution in [3.8, 4) is 0 Å². The molecule has 1 atom stereocenters. The van der Waals surface area contributed by atoms with E-state index in [1.807, 2.05) is 61.6 Å². The fourth-order valence-electron chi connectivity index (χ4n) is 1.07. The highest BCUT2D eigenvalue weighted by atomic mass is 16.4. The Bertz CT molecular complexity index is 407. The van der Waals surface area contributed by atoms with Gasteiger partial charge in [-0.2, -0.15) is 0 Å². The molecule has 0 aliphatic rings. The van der Waals surface area contributed by atoms with Crippen LogP contribution in [0.3, 0.4) is 0 Å². The lowest BCUT2D eigenvalue weighted by atomic mass is 10.2. The van der Waals surface area contributed by atoms with Gasteiger partial charge in [0.2, 0.25) is 0 Å². The molecule has 0 radical (unpaired) electrons. The predicted molar refractivity (Wildman–Crippen MR) is 81.9 cm³/mol. The third-order valence-corrected chi connectivity index (χ3v) is 2.19. The zero-order chi connectivity index (χ0) is 14.3. The highest BCUT2D eigenvalue weighted by Crippen LogP contribution is 1.96. The molecule has 1 N–H and O–H groups in total. The van der Waals surface area contributed by atoms with Gasteiger partial charge in [0.25, 0.3) is 0 Å². The number of carbonyl (C=O) groups is 1. The molecular formula is C17H22O2. The van der Waals surface area contributed by atoms with E-state index in [0.29, 0.717) is 0 Å². The van der Waals surface area contributed by atoms with Crippen LogP contribution in [0.1, 0.15) is 20.3 Å². The van der Waals surface area contributed by atoms with Crippen LogP contribution in [0.2, 0.25) is 0 Å². The van der Waals surface area contributed by atoms with Crippen molar-refractivity contribution in [3.05, 3.63) is 72.9 Å². The van der Waals surface area contributed by atoms with Crippen LogP contribution in [0.15, 0.2) is 72.9 Å². The molecule has 0 heterocycles. The van der Waals surface area contributed by atoms with Crippen molar-refractivity contribution in [2.24, 2.45) is 5.92 Å². The Kier molecular flexibility index (Phi) is 11.0. The second-order valence-electron chi connectivity index (χ2n) is 3.90. The highest BCUT2D eigenvalue weighted by Gasteiger charge is 2.03. The molecule has 102 valence electrons. The summed E-state index contributed by atoms with van der Waals surface area (Å²) >= 11 is 0. The Morgan fingerprint density at radius 3 is 2.00 bits per heavy atom. The summed E-state index contributed by atoms with van der Waals surface area (Å²) in [7, 11) is 0. The van der Waals surface area contributed by atoms with E-state index in [9.17, 15) is 4.79 Å². The van der Waals surface area contributed by atoms with E-state index in [0.717, 1.165) is 6.42 Å². The van der Waals surface area contributed by atoms with Gasteiger partial charge in [-0.15, -0.1) is 0 Å². The van der Waals surface area contributed by atoms with E-state index in [4.69, 9.17) is 5.11 Å². The molecule has 0 aromatic rings. The summed E-state index contributed by atoms with van der Waals surface area (Å²) in [5.41, 5.74) is 0. The number of carboxylic acids is 1. The molecule has 0 fully saturated rings. The highest BCUT2D eigenvalue weighted by molar-refractivity contribution is 5.71. The molecule has 0 aliphatic heterocycles. The number of carboxylic acid groups (broad SMARTS) is 1. The monoisotopic (exact) mass is 258 g/mol. The van der Waals surface area contributed by atoms with Crippen LogP contribution in [0.25, 0.3) is 0 Å². The largest absolute Gasteiger partial charge is 0.481 e. The Balaban J connectivity index is 3.82. The van der Waals surface area contributed by atoms with Gasteiger partial charge in [-0.1, -0.05) is 72.9 Å². The van der Waals surface area contributed by atoms with Crippen LogP contribution >= 0.6 is 0 Å². The first-order chi connectivity index (χ1) is 9.18. The Labute approximate surface area is 115 Å². The average Bonchev–Trinajstić information content (AvgIpc) is 2.39. The lowest BCUT2D eigenvalue weighted by molar-refractivity contribution is -0.139. The zero-order valence-corrected chi connectivity index (χ0v) is 11.6. The summed E-state index contributed by atoms with van der Waals surface area (Å²) < 4.78 is 0. The first-order valence-electron chi connectivity index (χ1n) is 6.35. The lowest BCUT2D eigenvalue weighted by Gasteiger charge is -1.94. The molecule has 0 spiro atoms. The topological polar surface area (TPSA) is 37.3 Å². The summed E-state index contributed by atoms with van der Waals surface area (Å²) in [6.07, 6.45) is 23.9. The predicted octanol–water partition coefficient (Wildman–Crippen LogP) is 4.45. The molecule has 0 amide bonds. The van der Waals surface area contributed by atoms with Crippen molar-refractivity contribution in [2.45, 2.75) is 20.3 Å². The number of aliphatic carboxylic acids is 1. The summed E-state index contributed by atoms with van der Waals surface area (Å²) in [6, 6.07) is 0. The van der Waals surface area contributed by atoms with Crippen LogP contribution in [0.5, 0.6) is 0 Å². The molecule has 0 aliphatic carbocycles. The molecule has 2 heteroatoms. The first-order valence-corrected chi connectivity index (χ1v) is 6.35. The van der Waals surface area contributed by atoms with Gasteiger partial charge >= 0.3 is 5.97 Å². The molecule has 2 nitrogen and oxygen atoms in total. The van der Waals surface area contributed by atoms with Gasteiger partial charge in [-0.3, -0.25) is 4.79 Å². The summed E-state index contributed by atoms with van der Waals surface area (Å²) in [5.74, 6) is -1.25. The van der Waals surface area contributed by atoms with Gasteiger partial charge in [-0.05, 0) is 20.3 Å². The molecule has 0 aromatic heterocycles. The fourth-order valence-corrected chi connectivity index (χ4v) is 1.07. The van der Waals surface area contributed by atoms with E-state index in [-0.39, 0.29) is 0 Å². The second-order valence-corrected chi connectivity index (χ2v) is 3.90. The van der Waals surface area contributed by atoms with E-state index in [2.05, 4.69) is 6.08 Å². The minimum Gasteiger partial charge on any atom is -0.481 e. The minimum atomic E-state index is -0.809. The smallest absolute Gasteiger partial charge is 0.310 e. The van der Waals surface area contributed by atoms with Crippen molar-refractivity contribution >= 4 is 5.97 Å². The fraction of sp³-hybridized carbons (Fsp3) is 0.235. The average molecular weight is 258 g/mol. The number of rotatable bonds is 8. The van der Waals surface area contributed by atoms with Crippen LogP contribution in [0.4, 0.5) is 0 Å². The minimum absolute atomic E-state index is 0.444. The Morgan fingerprint density at radius 2 is 1.47 bits per heavy atom. The molecule has 0 aromatic carbocycles. The number of hydrogen-bond acceptors (Lipinski definition) is 1. The van der Waals surface area contributed by atoms with Crippen molar-refractivity contribution in [1.82, 2.24) is 0 Å². The zero-order valence-electron chi connectivity index (χ0n) is 11.6. The molecular weight excluding hydrogens is 236 g/mol. The van der Waals surface area contributed by atoms with E-state index in [1.54, 1.807) is 19.1 Å². The molecule has 0 rings (SSSR count). The van der Waals surface area contributed by atoms with Crippen LogP contribution in [-0.2, 0) is 4.79 Å². The summed E-state index contributed by atoms with van der Waals surface area (Å²) in [5, 5.41) is 8.65. The van der Waals surface area contributed by atoms with Crippen LogP contribution in [-0.4, -0.2) is 11.1 Å². The molecule has 1 unspecified atom stereocenters. The second kappa shape index (κ2) is 12.4. The van der Waals surface area contributed by atoms with Gasteiger partial charge in [0.1, 0.15) is 0 Å². The van der Waals surface area contributed by atoms with Gasteiger partial charge in [0, 0.05) is 0 Å². The first kappa shape index (κ1) is 16.9. The molecule has 0 bridgehead atoms. The van der Waals surface area contributed by atoms with Crippen molar-refractivity contribution < 1.29 is 9.90 Å². The maximum absolute atomic E-state index is 10.5. The van der Waals surface area contributed by atoms with E-state index in [1.165, 1.54) is 0 Å². The van der Waals surface area contributed by atoms with Crippen molar-refractivity contribution in [1.29, 1.82) is 0 Å². The van der Waals surface area contributed by atoms with Gasteiger partial charge < -0.3 is 5.11 Å². The lowest BCUT2D eigenvalue weighted by Crippen LogP contribution is -2.05. The number of hydrogen-bond donors (Lipinski definition) is 1. The summed E-state index contributed by atoms with van der Waals surface area (Å²) in [4.78, 5) is 10.5. The quantitative estimate of drug-likeness (QED) is 0.653. The van der Waals surface area contributed by atoms with Crippen LogP contribution < -0.4 is 0 Å². The maximum atomic E-state index is 10.5.